The Bertz CT molecular complexity index is 420. The Morgan fingerprint density at radius 1 is 1.54 bits per heavy atom. The first kappa shape index (κ1) is 7.78. The summed E-state index contributed by atoms with van der Waals surface area (Å²) in [7, 11) is 0. The highest BCUT2D eigenvalue weighted by Crippen LogP contribution is 2.16. The Labute approximate surface area is 74.6 Å². The Hall–Kier alpha value is -1.85. The number of aromatic amines is 1. The maximum Gasteiger partial charge on any atom is 0.224 e. The van der Waals surface area contributed by atoms with Crippen molar-refractivity contribution in [2.24, 2.45) is 0 Å². The van der Waals surface area contributed by atoms with Gasteiger partial charge in [-0.2, -0.15) is 9.97 Å². The quantitative estimate of drug-likeness (QED) is 0.617. The number of H-pyrrole nitrogens is 1. The summed E-state index contributed by atoms with van der Waals surface area (Å²) >= 11 is 0. The normalized spacial score (nSPS) is 10.5. The summed E-state index contributed by atoms with van der Waals surface area (Å²) in [4.78, 5) is 15.0. The predicted molar refractivity (Wildman–Crippen MR) is 50.3 cm³/mol. The number of hydrogen-bond acceptors (Lipinski definition) is 5. The van der Waals surface area contributed by atoms with Crippen LogP contribution in [0.15, 0.2) is 6.33 Å². The monoisotopic (exact) mass is 178 g/mol. The van der Waals surface area contributed by atoms with Gasteiger partial charge in [-0.05, 0) is 6.92 Å². The minimum absolute atomic E-state index is 0.232. The molecule has 0 aliphatic rings. The first-order valence-electron chi connectivity index (χ1n) is 4.01. The number of nitrogen functional groups attached to an aromatic ring is 1. The average Bonchev–Trinajstić information content (AvgIpc) is 2.52. The van der Waals surface area contributed by atoms with E-state index in [1.54, 1.807) is 6.33 Å². The van der Waals surface area contributed by atoms with Crippen molar-refractivity contribution in [3.05, 3.63) is 6.33 Å². The van der Waals surface area contributed by atoms with Gasteiger partial charge in [0.15, 0.2) is 11.5 Å². The SMILES string of the molecule is CCNc1nc(N)nc2nc[nH]c12. The van der Waals surface area contributed by atoms with Gasteiger partial charge < -0.3 is 16.0 Å². The molecule has 0 aromatic carbocycles. The van der Waals surface area contributed by atoms with E-state index in [1.807, 2.05) is 6.92 Å². The fourth-order valence-corrected chi connectivity index (χ4v) is 1.15. The molecule has 0 aliphatic carbocycles. The molecule has 0 radical (unpaired) electrons. The van der Waals surface area contributed by atoms with Crippen LogP contribution in [0.25, 0.3) is 11.2 Å². The Kier molecular flexibility index (Phi) is 1.73. The van der Waals surface area contributed by atoms with Gasteiger partial charge >= 0.3 is 0 Å². The summed E-state index contributed by atoms with van der Waals surface area (Å²) in [5.74, 6) is 0.929. The zero-order valence-electron chi connectivity index (χ0n) is 7.20. The van der Waals surface area contributed by atoms with Crippen LogP contribution in [0.1, 0.15) is 6.92 Å². The van der Waals surface area contributed by atoms with E-state index >= 15 is 0 Å². The molecule has 6 heteroatoms. The number of fused-ring (bicyclic) bond motifs is 1. The lowest BCUT2D eigenvalue weighted by Crippen LogP contribution is -2.04. The topological polar surface area (TPSA) is 92.5 Å². The van der Waals surface area contributed by atoms with Crippen molar-refractivity contribution in [3.8, 4) is 0 Å². The third-order valence-electron chi connectivity index (χ3n) is 1.65. The van der Waals surface area contributed by atoms with Crippen LogP contribution in [0, 0.1) is 0 Å². The molecule has 0 aliphatic heterocycles. The average molecular weight is 178 g/mol. The van der Waals surface area contributed by atoms with Crippen LogP contribution in [-0.4, -0.2) is 26.5 Å². The molecule has 6 nitrogen and oxygen atoms in total. The Balaban J connectivity index is 2.63. The van der Waals surface area contributed by atoms with Gasteiger partial charge in [0.1, 0.15) is 5.52 Å². The molecular formula is C7H10N6. The molecule has 0 atom stereocenters. The molecule has 0 amide bonds. The van der Waals surface area contributed by atoms with Gasteiger partial charge in [-0.15, -0.1) is 0 Å². The molecule has 2 heterocycles. The molecule has 0 saturated heterocycles. The second-order valence-electron chi connectivity index (χ2n) is 2.56. The van der Waals surface area contributed by atoms with Gasteiger partial charge in [-0.25, -0.2) is 4.98 Å². The van der Waals surface area contributed by atoms with E-state index in [4.69, 9.17) is 5.73 Å². The van der Waals surface area contributed by atoms with E-state index < -0.39 is 0 Å². The lowest BCUT2D eigenvalue weighted by atomic mass is 10.5. The number of imidazole rings is 1. The Morgan fingerprint density at radius 2 is 2.38 bits per heavy atom. The molecule has 0 spiro atoms. The molecule has 68 valence electrons. The van der Waals surface area contributed by atoms with Gasteiger partial charge in [0.2, 0.25) is 5.95 Å². The second-order valence-corrected chi connectivity index (χ2v) is 2.56. The lowest BCUT2D eigenvalue weighted by Gasteiger charge is -2.02. The fraction of sp³-hybridized carbons (Fsp3) is 0.286. The van der Waals surface area contributed by atoms with Crippen LogP contribution in [0.3, 0.4) is 0 Å². The highest BCUT2D eigenvalue weighted by molar-refractivity contribution is 5.83. The molecule has 4 N–H and O–H groups in total. The summed E-state index contributed by atoms with van der Waals surface area (Å²) in [6.07, 6.45) is 1.57. The summed E-state index contributed by atoms with van der Waals surface area (Å²) in [6.45, 7) is 2.77. The van der Waals surface area contributed by atoms with Gasteiger partial charge in [-0.1, -0.05) is 0 Å². The minimum Gasteiger partial charge on any atom is -0.368 e. The third-order valence-corrected chi connectivity index (χ3v) is 1.65. The highest BCUT2D eigenvalue weighted by atomic mass is 15.1. The summed E-state index contributed by atoms with van der Waals surface area (Å²) < 4.78 is 0. The first-order valence-corrected chi connectivity index (χ1v) is 4.01. The van der Waals surface area contributed by atoms with Crippen LogP contribution >= 0.6 is 0 Å². The van der Waals surface area contributed by atoms with E-state index in [9.17, 15) is 0 Å². The zero-order chi connectivity index (χ0) is 9.26. The van der Waals surface area contributed by atoms with Crippen molar-refractivity contribution in [3.63, 3.8) is 0 Å². The van der Waals surface area contributed by atoms with Gasteiger partial charge in [0, 0.05) is 6.54 Å². The van der Waals surface area contributed by atoms with E-state index in [-0.39, 0.29) is 5.95 Å². The summed E-state index contributed by atoms with van der Waals surface area (Å²) in [5.41, 5.74) is 6.87. The number of nitrogens with zero attached hydrogens (tertiary/aromatic N) is 3. The molecule has 2 aromatic heterocycles. The molecule has 0 unspecified atom stereocenters. The molecule has 2 aromatic rings. The molecule has 0 saturated carbocycles. The Morgan fingerprint density at radius 3 is 3.15 bits per heavy atom. The van der Waals surface area contributed by atoms with Gasteiger partial charge in [0.05, 0.1) is 6.33 Å². The van der Waals surface area contributed by atoms with Crippen LogP contribution in [0.5, 0.6) is 0 Å². The zero-order valence-corrected chi connectivity index (χ0v) is 7.20. The molecule has 0 bridgehead atoms. The summed E-state index contributed by atoms with van der Waals surface area (Å²) in [6, 6.07) is 0. The van der Waals surface area contributed by atoms with Crippen molar-refractivity contribution in [1.29, 1.82) is 0 Å². The minimum atomic E-state index is 0.232. The van der Waals surface area contributed by atoms with Crippen molar-refractivity contribution in [2.75, 3.05) is 17.6 Å². The number of hydrogen-bond donors (Lipinski definition) is 3. The maximum absolute atomic E-state index is 5.50. The third kappa shape index (κ3) is 1.26. The number of anilines is 2. The number of nitrogens with two attached hydrogens (primary N) is 1. The maximum atomic E-state index is 5.50. The molecular weight excluding hydrogens is 168 g/mol. The van der Waals surface area contributed by atoms with Crippen LogP contribution in [-0.2, 0) is 0 Å². The molecule has 13 heavy (non-hydrogen) atoms. The van der Waals surface area contributed by atoms with Crippen molar-refractivity contribution in [2.45, 2.75) is 6.92 Å². The number of aromatic nitrogens is 4. The van der Waals surface area contributed by atoms with Crippen molar-refractivity contribution in [1.82, 2.24) is 19.9 Å². The molecule has 0 fully saturated rings. The van der Waals surface area contributed by atoms with Crippen LogP contribution < -0.4 is 11.1 Å². The standard InChI is InChI=1S/C7H10N6/c1-2-9-5-4-6(11-3-10-4)13-7(8)12-5/h3H,2H2,1H3,(H4,8,9,10,11,12,13). The predicted octanol–water partition coefficient (Wildman–Crippen LogP) is 0.367. The molecule has 2 rings (SSSR count). The van der Waals surface area contributed by atoms with Gasteiger partial charge in [-0.3, -0.25) is 0 Å². The fourth-order valence-electron chi connectivity index (χ4n) is 1.15. The highest BCUT2D eigenvalue weighted by Gasteiger charge is 2.06. The first-order chi connectivity index (χ1) is 6.31. The van der Waals surface area contributed by atoms with E-state index in [1.165, 1.54) is 0 Å². The smallest absolute Gasteiger partial charge is 0.224 e. The number of rotatable bonds is 2. The second kappa shape index (κ2) is 2.89. The van der Waals surface area contributed by atoms with Crippen molar-refractivity contribution < 1.29 is 0 Å². The largest absolute Gasteiger partial charge is 0.368 e. The van der Waals surface area contributed by atoms with Gasteiger partial charge in [0.25, 0.3) is 0 Å². The van der Waals surface area contributed by atoms with E-state index in [0.717, 1.165) is 12.1 Å². The van der Waals surface area contributed by atoms with Crippen molar-refractivity contribution >= 4 is 22.9 Å². The van der Waals surface area contributed by atoms with E-state index in [2.05, 4.69) is 25.3 Å². The summed E-state index contributed by atoms with van der Waals surface area (Å²) in [5, 5.41) is 3.08. The van der Waals surface area contributed by atoms with Crippen LogP contribution in [0.4, 0.5) is 11.8 Å². The lowest BCUT2D eigenvalue weighted by molar-refractivity contribution is 1.14. The van der Waals surface area contributed by atoms with Crippen LogP contribution in [0.2, 0.25) is 0 Å². The van der Waals surface area contributed by atoms with E-state index in [0.29, 0.717) is 11.5 Å². The number of nitrogens with one attached hydrogen (secondary N) is 2.